The smallest absolute Gasteiger partial charge is 0.414 e. The highest BCUT2D eigenvalue weighted by molar-refractivity contribution is 5.96. The number of aromatic nitrogens is 2. The van der Waals surface area contributed by atoms with Gasteiger partial charge in [0, 0.05) is 35.8 Å². The number of hydrogen-bond donors (Lipinski definition) is 2. The molecule has 4 rings (SSSR count). The van der Waals surface area contributed by atoms with Gasteiger partial charge in [0.05, 0.1) is 25.0 Å². The van der Waals surface area contributed by atoms with Gasteiger partial charge < -0.3 is 20.1 Å². The van der Waals surface area contributed by atoms with E-state index in [-0.39, 0.29) is 11.9 Å². The van der Waals surface area contributed by atoms with Gasteiger partial charge in [0.1, 0.15) is 17.2 Å². The Bertz CT molecular complexity index is 1210. The van der Waals surface area contributed by atoms with Gasteiger partial charge in [0.25, 0.3) is 5.91 Å². The zero-order valence-corrected chi connectivity index (χ0v) is 20.2. The Labute approximate surface area is 204 Å². The van der Waals surface area contributed by atoms with Gasteiger partial charge in [-0.1, -0.05) is 6.07 Å². The second kappa shape index (κ2) is 10.0. The third kappa shape index (κ3) is 5.87. The van der Waals surface area contributed by atoms with Crippen molar-refractivity contribution in [2.45, 2.75) is 38.8 Å². The summed E-state index contributed by atoms with van der Waals surface area (Å²) < 4.78 is 11.0. The van der Waals surface area contributed by atoms with Crippen LogP contribution in [-0.4, -0.2) is 41.2 Å². The molecule has 0 spiro atoms. The maximum atomic E-state index is 13.2. The van der Waals surface area contributed by atoms with E-state index in [0.29, 0.717) is 35.8 Å². The fraction of sp³-hybridized carbons (Fsp3) is 0.308. The van der Waals surface area contributed by atoms with Crippen LogP contribution in [0.3, 0.4) is 0 Å². The molecule has 3 aromatic rings. The molecule has 0 saturated carbocycles. The zero-order valence-electron chi connectivity index (χ0n) is 20.2. The summed E-state index contributed by atoms with van der Waals surface area (Å²) in [6.07, 6.45) is 4.90. The van der Waals surface area contributed by atoms with Gasteiger partial charge in [-0.05, 0) is 63.6 Å². The number of nitrogens with zero attached hydrogens (tertiary/aromatic N) is 3. The molecule has 9 nitrogen and oxygen atoms in total. The van der Waals surface area contributed by atoms with Crippen molar-refractivity contribution in [1.82, 2.24) is 15.3 Å². The summed E-state index contributed by atoms with van der Waals surface area (Å²) in [5.74, 6) is 1.00. The molecule has 2 heterocycles. The van der Waals surface area contributed by atoms with E-state index in [2.05, 4.69) is 20.6 Å². The minimum absolute atomic E-state index is 0.225. The highest BCUT2D eigenvalue weighted by atomic mass is 16.6. The largest absolute Gasteiger partial charge is 0.497 e. The van der Waals surface area contributed by atoms with Gasteiger partial charge in [-0.2, -0.15) is 0 Å². The van der Waals surface area contributed by atoms with Crippen LogP contribution in [-0.2, 0) is 4.74 Å². The van der Waals surface area contributed by atoms with Crippen molar-refractivity contribution in [1.29, 1.82) is 0 Å². The summed E-state index contributed by atoms with van der Waals surface area (Å²) in [4.78, 5) is 35.9. The Morgan fingerprint density at radius 3 is 2.66 bits per heavy atom. The molecule has 0 fully saturated rings. The van der Waals surface area contributed by atoms with E-state index >= 15 is 0 Å². The van der Waals surface area contributed by atoms with Crippen molar-refractivity contribution in [2.75, 3.05) is 23.9 Å². The lowest BCUT2D eigenvalue weighted by Crippen LogP contribution is -2.43. The molecule has 2 aromatic carbocycles. The van der Waals surface area contributed by atoms with Gasteiger partial charge >= 0.3 is 6.09 Å². The lowest BCUT2D eigenvalue weighted by molar-refractivity contribution is 0.0576. The third-order valence-electron chi connectivity index (χ3n) is 5.42. The van der Waals surface area contributed by atoms with Crippen molar-refractivity contribution in [3.63, 3.8) is 0 Å². The summed E-state index contributed by atoms with van der Waals surface area (Å²) >= 11 is 0. The minimum atomic E-state index is -0.612. The summed E-state index contributed by atoms with van der Waals surface area (Å²) in [7, 11) is 1.58. The molecular formula is C26H29N5O4. The predicted molar refractivity (Wildman–Crippen MR) is 133 cm³/mol. The number of methoxy groups -OCH3 is 1. The Morgan fingerprint density at radius 1 is 1.11 bits per heavy atom. The van der Waals surface area contributed by atoms with Crippen LogP contribution in [0.5, 0.6) is 5.75 Å². The lowest BCUT2D eigenvalue weighted by atomic mass is 9.95. The highest BCUT2D eigenvalue weighted by Gasteiger charge is 2.32. The van der Waals surface area contributed by atoms with Crippen LogP contribution in [0.4, 0.5) is 22.0 Å². The molecule has 1 aromatic heterocycles. The molecule has 1 atom stereocenters. The number of amides is 2. The maximum Gasteiger partial charge on any atom is 0.414 e. The fourth-order valence-electron chi connectivity index (χ4n) is 3.87. The molecule has 2 amide bonds. The Morgan fingerprint density at radius 2 is 1.94 bits per heavy atom. The minimum Gasteiger partial charge on any atom is -0.497 e. The van der Waals surface area contributed by atoms with E-state index in [0.717, 1.165) is 11.3 Å². The van der Waals surface area contributed by atoms with Crippen molar-refractivity contribution in [2.24, 2.45) is 0 Å². The molecule has 0 radical (unpaired) electrons. The van der Waals surface area contributed by atoms with Gasteiger partial charge in [0.15, 0.2) is 0 Å². The first kappa shape index (κ1) is 24.0. The van der Waals surface area contributed by atoms with Crippen LogP contribution in [0.25, 0.3) is 0 Å². The number of hydrogen-bond acceptors (Lipinski definition) is 7. The van der Waals surface area contributed by atoms with Crippen molar-refractivity contribution in [3.05, 3.63) is 72.2 Å². The quantitative estimate of drug-likeness (QED) is 0.544. The third-order valence-corrected chi connectivity index (χ3v) is 5.42. The van der Waals surface area contributed by atoms with Crippen LogP contribution in [0.2, 0.25) is 0 Å². The summed E-state index contributed by atoms with van der Waals surface area (Å²) in [6.45, 7) is 5.91. The molecular weight excluding hydrogens is 446 g/mol. The first-order valence-electron chi connectivity index (χ1n) is 11.4. The van der Waals surface area contributed by atoms with Crippen LogP contribution < -0.4 is 20.3 Å². The van der Waals surface area contributed by atoms with Crippen LogP contribution in [0, 0.1) is 0 Å². The molecule has 35 heavy (non-hydrogen) atoms. The molecule has 1 aliphatic heterocycles. The molecule has 1 unspecified atom stereocenters. The molecule has 2 N–H and O–H groups in total. The fourth-order valence-corrected chi connectivity index (χ4v) is 3.87. The maximum absolute atomic E-state index is 13.2. The van der Waals surface area contributed by atoms with Crippen molar-refractivity contribution in [3.8, 4) is 5.75 Å². The molecule has 1 aliphatic rings. The molecule has 0 bridgehead atoms. The second-order valence-corrected chi connectivity index (χ2v) is 9.17. The van der Waals surface area contributed by atoms with Gasteiger partial charge in [-0.25, -0.2) is 9.78 Å². The van der Waals surface area contributed by atoms with Crippen molar-refractivity contribution < 1.29 is 19.1 Å². The first-order chi connectivity index (χ1) is 16.7. The number of carbonyl (C=O) groups excluding carboxylic acids is 2. The Kier molecular flexibility index (Phi) is 6.86. The zero-order chi connectivity index (χ0) is 25.0. The summed E-state index contributed by atoms with van der Waals surface area (Å²) in [6, 6.07) is 12.3. The highest BCUT2D eigenvalue weighted by Crippen LogP contribution is 2.37. The van der Waals surface area contributed by atoms with Gasteiger partial charge in [-0.3, -0.25) is 14.7 Å². The molecule has 9 heteroatoms. The van der Waals surface area contributed by atoms with Gasteiger partial charge in [-0.15, -0.1) is 0 Å². The van der Waals surface area contributed by atoms with E-state index < -0.39 is 11.7 Å². The van der Waals surface area contributed by atoms with Crippen LogP contribution >= 0.6 is 0 Å². The van der Waals surface area contributed by atoms with Crippen LogP contribution in [0.1, 0.15) is 49.2 Å². The summed E-state index contributed by atoms with van der Waals surface area (Å²) in [5, 5.41) is 6.25. The first-order valence-corrected chi connectivity index (χ1v) is 11.4. The predicted octanol–water partition coefficient (Wildman–Crippen LogP) is 4.85. The average Bonchev–Trinajstić information content (AvgIpc) is 2.83. The number of anilines is 3. The molecule has 0 aliphatic carbocycles. The van der Waals surface area contributed by atoms with E-state index in [1.165, 1.54) is 0 Å². The number of carbonyl (C=O) groups is 2. The average molecular weight is 476 g/mol. The topological polar surface area (TPSA) is 106 Å². The van der Waals surface area contributed by atoms with Crippen molar-refractivity contribution >= 4 is 29.2 Å². The number of ether oxygens (including phenoxy) is 2. The lowest BCUT2D eigenvalue weighted by Gasteiger charge is -2.35. The molecule has 182 valence electrons. The number of fused-ring (bicyclic) bond motifs is 1. The van der Waals surface area contributed by atoms with Crippen LogP contribution in [0.15, 0.2) is 61.1 Å². The number of benzene rings is 2. The standard InChI is InChI=1S/C26H29N5O4/c1-26(2,3)35-25(33)31-13-10-21(20-15-19(34-4)8-9-22(20)31)30-24(32)17-6-5-7-18(14-17)29-23-16-27-11-12-28-23/h5-9,11-12,14-16,21H,10,13H2,1-4H3,(H,28,29)(H,30,32). The van der Waals surface area contributed by atoms with E-state index in [9.17, 15) is 9.59 Å². The normalized spacial score (nSPS) is 15.1. The van der Waals surface area contributed by atoms with E-state index in [1.807, 2.05) is 39.0 Å². The van der Waals surface area contributed by atoms with E-state index in [1.54, 1.807) is 54.9 Å². The summed E-state index contributed by atoms with van der Waals surface area (Å²) in [5.41, 5.74) is 2.09. The molecule has 0 saturated heterocycles. The SMILES string of the molecule is COc1ccc2c(c1)C(NC(=O)c1cccc(Nc3cnccn3)c1)CCN2C(=O)OC(C)(C)C. The second-order valence-electron chi connectivity index (χ2n) is 9.17. The number of nitrogens with one attached hydrogen (secondary N) is 2. The van der Waals surface area contributed by atoms with E-state index in [4.69, 9.17) is 9.47 Å². The number of rotatable bonds is 5. The van der Waals surface area contributed by atoms with Gasteiger partial charge in [0.2, 0.25) is 0 Å². The Balaban J connectivity index is 1.55. The monoisotopic (exact) mass is 475 g/mol. The Hall–Kier alpha value is -4.14.